The Labute approximate surface area is 512 Å². The Morgan fingerprint density at radius 2 is 0.978 bits per heavy atom. The highest BCUT2D eigenvalue weighted by Crippen LogP contribution is 2.43. The summed E-state index contributed by atoms with van der Waals surface area (Å²) in [6.07, 6.45) is 0. The van der Waals surface area contributed by atoms with Gasteiger partial charge in [0, 0.05) is 46.1 Å². The van der Waals surface area contributed by atoms with Crippen LogP contribution in [0.25, 0.3) is 10.8 Å². The summed E-state index contributed by atoms with van der Waals surface area (Å²) in [5, 5.41) is 121. The first-order valence-electron chi connectivity index (χ1n) is 25.0. The highest BCUT2D eigenvalue weighted by Gasteiger charge is 2.27. The van der Waals surface area contributed by atoms with Gasteiger partial charge in [-0.05, 0) is 117 Å². The van der Waals surface area contributed by atoms with Crippen molar-refractivity contribution < 1.29 is 138 Å². The average Bonchev–Trinajstić information content (AvgIpc) is 0.797. The third-order valence-corrected chi connectivity index (χ3v) is 15.3. The van der Waals surface area contributed by atoms with E-state index in [2.05, 4.69) is 14.8 Å². The molecule has 0 aliphatic rings. The summed E-state index contributed by atoms with van der Waals surface area (Å²) in [5.74, 6) is -15.5. The lowest BCUT2D eigenvalue weighted by atomic mass is 10.0. The first-order chi connectivity index (χ1) is 42.3. The van der Waals surface area contributed by atoms with Gasteiger partial charge in [0.05, 0.1) is 20.9 Å². The van der Waals surface area contributed by atoms with Crippen molar-refractivity contribution in [2.24, 2.45) is 0 Å². The van der Waals surface area contributed by atoms with E-state index in [4.69, 9.17) is 14.6 Å². The van der Waals surface area contributed by atoms with Gasteiger partial charge in [0.1, 0.15) is 22.8 Å². The Bertz CT molecular complexity index is 4620. The van der Waals surface area contributed by atoms with Gasteiger partial charge in [-0.2, -0.15) is 25.3 Å². The number of esters is 2. The molecule has 0 atom stereocenters. The molecular formula is C57H48N2O29S3. The van der Waals surface area contributed by atoms with Crippen LogP contribution in [0, 0.1) is 6.92 Å². The van der Waals surface area contributed by atoms with E-state index in [1.165, 1.54) is 37.3 Å². The topological polar surface area (TPSA) is 540 Å². The number of Topliss-reactive ketones (excluding diaryl/α,β-unsaturated/α-hetero) is 2. The Balaban J connectivity index is 0.000000234. The molecule has 31 nitrogen and oxygen atoms in total. The molecule has 0 saturated heterocycles. The fourth-order valence-corrected chi connectivity index (χ4v) is 9.90. The number of phenols is 11. The van der Waals surface area contributed by atoms with E-state index in [9.17, 15) is 119 Å². The van der Waals surface area contributed by atoms with Crippen LogP contribution in [-0.4, -0.2) is 138 Å². The molecule has 0 saturated carbocycles. The summed E-state index contributed by atoms with van der Waals surface area (Å²) in [5.41, 5.74) is -0.639. The summed E-state index contributed by atoms with van der Waals surface area (Å²) in [6.45, 7) is 2.89. The maximum absolute atomic E-state index is 13.1. The van der Waals surface area contributed by atoms with Crippen LogP contribution in [0.2, 0.25) is 0 Å². The quantitative estimate of drug-likeness (QED) is 0.0119. The van der Waals surface area contributed by atoms with Crippen molar-refractivity contribution in [3.8, 4) is 74.7 Å². The molecule has 8 aromatic carbocycles. The number of aromatic hydroxyl groups is 11. The minimum atomic E-state index is -5.00. The van der Waals surface area contributed by atoms with Crippen molar-refractivity contribution in [3.63, 3.8) is 0 Å². The number of hydrogen-bond donors (Lipinski definition) is 16. The molecule has 0 spiro atoms. The van der Waals surface area contributed by atoms with Gasteiger partial charge in [-0.1, -0.05) is 23.8 Å². The Morgan fingerprint density at radius 1 is 0.473 bits per heavy atom. The fraction of sp³-hybridized carbons (Fsp3) is 0.0877. The number of fused-ring (bicyclic) bond motifs is 1. The number of nitrogens with one attached hydrogen (secondary N) is 2. The number of carbonyl (C=O) groups excluding carboxylic acids is 5. The van der Waals surface area contributed by atoms with E-state index in [0.717, 1.165) is 79.2 Å². The third-order valence-electron chi connectivity index (χ3n) is 12.3. The number of anilines is 2. The summed E-state index contributed by atoms with van der Waals surface area (Å²) in [7, 11) is -13.9. The number of carboxylic acids is 1. The zero-order chi connectivity index (χ0) is 67.9. The smallest absolute Gasteiger partial charge is 0.344 e. The predicted molar refractivity (Wildman–Crippen MR) is 311 cm³/mol. The number of aryl methyl sites for hydroxylation is 1. The number of ether oxygens (including phenoxy) is 2. The van der Waals surface area contributed by atoms with Gasteiger partial charge in [0.25, 0.3) is 36.3 Å². The second kappa shape index (κ2) is 27.3. The van der Waals surface area contributed by atoms with E-state index in [-0.39, 0.29) is 54.9 Å². The Kier molecular flexibility index (Phi) is 20.6. The van der Waals surface area contributed by atoms with Crippen LogP contribution in [-0.2, 0) is 45.9 Å². The van der Waals surface area contributed by atoms with Crippen molar-refractivity contribution in [1.29, 1.82) is 0 Å². The number of rotatable bonds is 17. The summed E-state index contributed by atoms with van der Waals surface area (Å²) in [6, 6.07) is 20.9. The lowest BCUT2D eigenvalue weighted by molar-refractivity contribution is -0.118. The maximum Gasteiger partial charge on any atom is 0.344 e. The molecular weight excluding hydrogens is 1270 g/mol. The molecule has 1 amide bonds. The summed E-state index contributed by atoms with van der Waals surface area (Å²) >= 11 is 0. The number of ketones is 2. The number of hydrogen-bond acceptors (Lipinski definition) is 27. The van der Waals surface area contributed by atoms with Crippen LogP contribution >= 0.6 is 0 Å². The largest absolute Gasteiger partial charge is 0.507 e. The van der Waals surface area contributed by atoms with Gasteiger partial charge in [-0.3, -0.25) is 27.7 Å². The van der Waals surface area contributed by atoms with Crippen molar-refractivity contribution in [1.82, 2.24) is 0 Å². The van der Waals surface area contributed by atoms with Gasteiger partial charge in [-0.25, -0.2) is 14.4 Å². The molecule has 91 heavy (non-hydrogen) atoms. The fourth-order valence-electron chi connectivity index (χ4n) is 7.68. The average molecular weight is 1320 g/mol. The maximum atomic E-state index is 13.1. The molecule has 0 heterocycles. The van der Waals surface area contributed by atoms with Crippen LogP contribution in [0.15, 0.2) is 130 Å². The Morgan fingerprint density at radius 3 is 1.48 bits per heavy atom. The second-order valence-corrected chi connectivity index (χ2v) is 23.3. The van der Waals surface area contributed by atoms with Crippen molar-refractivity contribution in [2.75, 3.05) is 17.2 Å². The van der Waals surface area contributed by atoms with Crippen LogP contribution < -0.4 is 20.1 Å². The van der Waals surface area contributed by atoms with Gasteiger partial charge < -0.3 is 81.4 Å². The summed E-state index contributed by atoms with van der Waals surface area (Å²) in [4.78, 5) is 68.9. The van der Waals surface area contributed by atoms with Crippen LogP contribution in [0.4, 0.5) is 11.4 Å². The molecule has 0 bridgehead atoms. The van der Waals surface area contributed by atoms with Crippen LogP contribution in [0.1, 0.15) is 76.8 Å². The highest BCUT2D eigenvalue weighted by atomic mass is 32.2. The lowest BCUT2D eigenvalue weighted by Crippen LogP contribution is -2.21. The van der Waals surface area contributed by atoms with Gasteiger partial charge in [0.15, 0.2) is 63.3 Å². The number of carboxylic acid groups (broad SMARTS) is 1. The number of benzene rings is 8. The monoisotopic (exact) mass is 1320 g/mol. The van der Waals surface area contributed by atoms with Crippen LogP contribution in [0.5, 0.6) is 74.7 Å². The summed E-state index contributed by atoms with van der Waals surface area (Å²) < 4.78 is 105. The van der Waals surface area contributed by atoms with Crippen molar-refractivity contribution >= 4 is 87.9 Å². The minimum absolute atomic E-state index is 0.000462. The van der Waals surface area contributed by atoms with E-state index in [1.807, 2.05) is 0 Å². The molecule has 8 aromatic rings. The highest BCUT2D eigenvalue weighted by molar-refractivity contribution is 7.87. The molecule has 34 heteroatoms. The number of phenolic OH excluding ortho intramolecular Hbond substituents is 10. The van der Waals surface area contributed by atoms with Crippen LogP contribution in [0.3, 0.4) is 0 Å². The third kappa shape index (κ3) is 16.8. The standard InChI is InChI=1S/C26H21NO14S2.C16H15NO7S.C15H12O8/c1-11(28)13-5-19(29)24(32)21(6-13)41-26(34)17-9-20(30)25(33)23(31)18(17)10-27-14-3-2-12-4-15(42(35,36)37)8-22(16(12)7-14)43(38,39)40;1-10-2-5-12(6-3-10)25(22,23)24-9-15(19)17-11-4-7-13(16(20)21)14(18)8-11;1-6(16)7-2-11(19)14(21)12(5-7)23-15(22)8-3-9(17)13(20)10(18)4-8/h2-9,27,29-33H,10H2,1H3,(H,35,36,37)(H,38,39,40);2-8,18H,9H2,1H3,(H,17,19)(H,20,21);2-5,17-21H,1H3. The van der Waals surface area contributed by atoms with Gasteiger partial charge in [-0.15, -0.1) is 0 Å². The molecule has 478 valence electrons. The van der Waals surface area contributed by atoms with Crippen molar-refractivity contribution in [2.45, 2.75) is 42.0 Å². The first kappa shape index (κ1) is 68.7. The molecule has 0 radical (unpaired) electrons. The second-order valence-electron chi connectivity index (χ2n) is 18.8. The molecule has 0 aliphatic carbocycles. The normalized spacial score (nSPS) is 11.2. The van der Waals surface area contributed by atoms with Gasteiger partial charge >= 0.3 is 17.9 Å². The van der Waals surface area contributed by atoms with Crippen molar-refractivity contribution in [3.05, 3.63) is 154 Å². The van der Waals surface area contributed by atoms with E-state index < -0.39 is 169 Å². The minimum Gasteiger partial charge on any atom is -0.507 e. The SMILES string of the molecule is CC(=O)c1cc(O)c(O)c(OC(=O)c2cc(O)c(O)c(O)c2)c1.CC(=O)c1cc(O)c(O)c(OC(=O)c2cc(O)c(O)c(O)c2CNc2ccc3cc(S(=O)(=O)O)cc(S(=O)(=O)O)c3c2)c1.Cc1ccc(S(=O)(=O)OCC(=O)Nc2ccc(C(=O)O)c(O)c2)cc1. The van der Waals surface area contributed by atoms with Gasteiger partial charge in [0.2, 0.25) is 17.2 Å². The molecule has 16 N–H and O–H groups in total. The molecule has 0 fully saturated rings. The first-order valence-corrected chi connectivity index (χ1v) is 29.3. The number of amides is 1. The van der Waals surface area contributed by atoms with E-state index in [1.54, 1.807) is 19.1 Å². The molecule has 0 aliphatic heterocycles. The Hall–Kier alpha value is -11.4. The molecule has 0 aromatic heterocycles. The predicted octanol–water partition coefficient (Wildman–Crippen LogP) is 6.27. The van der Waals surface area contributed by atoms with E-state index >= 15 is 0 Å². The number of carbonyl (C=O) groups is 6. The lowest BCUT2D eigenvalue weighted by Gasteiger charge is -2.16. The molecule has 0 unspecified atom stereocenters. The zero-order valence-electron chi connectivity index (χ0n) is 46.5. The molecule has 8 rings (SSSR count). The number of aromatic carboxylic acids is 1. The zero-order valence-corrected chi connectivity index (χ0v) is 48.9. The van der Waals surface area contributed by atoms with E-state index in [0.29, 0.717) is 6.07 Å².